The summed E-state index contributed by atoms with van der Waals surface area (Å²) in [5, 5.41) is 15.5. The summed E-state index contributed by atoms with van der Waals surface area (Å²) >= 11 is 0. The van der Waals surface area contributed by atoms with Crippen LogP contribution < -0.4 is 14.8 Å². The molecule has 0 spiro atoms. The van der Waals surface area contributed by atoms with Crippen LogP contribution in [0.25, 0.3) is 5.70 Å². The maximum Gasteiger partial charge on any atom is 0.248 e. The van der Waals surface area contributed by atoms with E-state index < -0.39 is 0 Å². The zero-order chi connectivity index (χ0) is 19.7. The molecular formula is C21H23N5O2. The minimum Gasteiger partial charge on any atom is -0.493 e. The Morgan fingerprint density at radius 3 is 2.50 bits per heavy atom. The molecule has 2 heterocycles. The quantitative estimate of drug-likeness (QED) is 0.728. The van der Waals surface area contributed by atoms with Gasteiger partial charge in [0.25, 0.3) is 0 Å². The normalized spacial score (nSPS) is 15.6. The number of ether oxygens (including phenoxy) is 2. The summed E-state index contributed by atoms with van der Waals surface area (Å²) in [6.07, 6.45) is 2.10. The lowest BCUT2D eigenvalue weighted by molar-refractivity contribution is 0.348. The van der Waals surface area contributed by atoms with Crippen molar-refractivity contribution in [1.29, 1.82) is 0 Å². The molecule has 7 nitrogen and oxygen atoms in total. The Kier molecular flexibility index (Phi) is 4.73. The van der Waals surface area contributed by atoms with E-state index in [0.717, 1.165) is 16.8 Å². The molecule has 3 aromatic rings. The van der Waals surface area contributed by atoms with E-state index >= 15 is 0 Å². The van der Waals surface area contributed by atoms with E-state index in [1.165, 1.54) is 5.56 Å². The molecule has 0 fully saturated rings. The molecule has 0 radical (unpaired) electrons. The third-order valence-corrected chi connectivity index (χ3v) is 4.97. The van der Waals surface area contributed by atoms with Crippen molar-refractivity contribution in [3.63, 3.8) is 0 Å². The number of benzene rings is 2. The number of nitrogens with zero attached hydrogens (tertiary/aromatic N) is 4. The van der Waals surface area contributed by atoms with Gasteiger partial charge in [-0.05, 0) is 39.6 Å². The van der Waals surface area contributed by atoms with Crippen molar-refractivity contribution in [1.82, 2.24) is 20.2 Å². The molecule has 1 aromatic heterocycles. The van der Waals surface area contributed by atoms with Gasteiger partial charge in [-0.1, -0.05) is 55.3 Å². The lowest BCUT2D eigenvalue weighted by Crippen LogP contribution is -2.21. The predicted molar refractivity (Wildman–Crippen MR) is 108 cm³/mol. The average Bonchev–Trinajstić information content (AvgIpc) is 3.21. The number of rotatable bonds is 5. The van der Waals surface area contributed by atoms with Gasteiger partial charge >= 0.3 is 0 Å². The topological polar surface area (TPSA) is 74.1 Å². The molecule has 0 bridgehead atoms. The lowest BCUT2D eigenvalue weighted by atomic mass is 9.98. The SMILES string of the molecule is COc1cccc([C@@H]2C=C(c3ccc(C(C)C)cc3)Nc3nnnn32)c1OC. The Hall–Kier alpha value is -3.35. The van der Waals surface area contributed by atoms with Crippen molar-refractivity contribution in [3.8, 4) is 11.5 Å². The fourth-order valence-corrected chi connectivity index (χ4v) is 3.44. The number of hydrogen-bond donors (Lipinski definition) is 1. The zero-order valence-corrected chi connectivity index (χ0v) is 16.4. The second-order valence-electron chi connectivity index (χ2n) is 6.96. The Balaban J connectivity index is 1.81. The molecule has 1 aliphatic heterocycles. The molecule has 2 aromatic carbocycles. The highest BCUT2D eigenvalue weighted by molar-refractivity contribution is 5.77. The monoisotopic (exact) mass is 377 g/mol. The summed E-state index contributed by atoms with van der Waals surface area (Å²) in [4.78, 5) is 0. The van der Waals surface area contributed by atoms with Crippen LogP contribution in [0.2, 0.25) is 0 Å². The van der Waals surface area contributed by atoms with Crippen molar-refractivity contribution >= 4 is 11.6 Å². The van der Waals surface area contributed by atoms with Crippen LogP contribution in [-0.2, 0) is 0 Å². The van der Waals surface area contributed by atoms with Crippen molar-refractivity contribution in [2.45, 2.75) is 25.8 Å². The van der Waals surface area contributed by atoms with Crippen molar-refractivity contribution in [2.75, 3.05) is 19.5 Å². The minimum absolute atomic E-state index is 0.226. The number of para-hydroxylation sites is 1. The van der Waals surface area contributed by atoms with Crippen LogP contribution in [0.5, 0.6) is 11.5 Å². The maximum absolute atomic E-state index is 5.64. The molecule has 1 aliphatic rings. The number of fused-ring (bicyclic) bond motifs is 1. The van der Waals surface area contributed by atoms with E-state index in [9.17, 15) is 0 Å². The van der Waals surface area contributed by atoms with Crippen LogP contribution in [0.1, 0.15) is 42.5 Å². The van der Waals surface area contributed by atoms with Crippen molar-refractivity contribution in [3.05, 3.63) is 65.2 Å². The van der Waals surface area contributed by atoms with Gasteiger partial charge in [-0.25, -0.2) is 0 Å². The largest absolute Gasteiger partial charge is 0.493 e. The summed E-state index contributed by atoms with van der Waals surface area (Å²) in [5.74, 6) is 2.41. The van der Waals surface area contributed by atoms with Crippen molar-refractivity contribution in [2.24, 2.45) is 0 Å². The molecule has 28 heavy (non-hydrogen) atoms. The number of nitrogens with one attached hydrogen (secondary N) is 1. The van der Waals surface area contributed by atoms with Gasteiger partial charge in [-0.15, -0.1) is 0 Å². The molecule has 0 saturated heterocycles. The molecular weight excluding hydrogens is 354 g/mol. The fourth-order valence-electron chi connectivity index (χ4n) is 3.44. The maximum atomic E-state index is 5.64. The van der Waals surface area contributed by atoms with Gasteiger partial charge in [0.1, 0.15) is 6.04 Å². The van der Waals surface area contributed by atoms with Crippen LogP contribution in [0, 0.1) is 0 Å². The zero-order valence-electron chi connectivity index (χ0n) is 16.4. The van der Waals surface area contributed by atoms with E-state index in [0.29, 0.717) is 23.4 Å². The highest BCUT2D eigenvalue weighted by atomic mass is 16.5. The molecule has 0 aliphatic carbocycles. The Labute approximate surface area is 164 Å². The number of methoxy groups -OCH3 is 2. The first-order chi connectivity index (χ1) is 13.6. The molecule has 1 atom stereocenters. The van der Waals surface area contributed by atoms with E-state index in [1.807, 2.05) is 18.2 Å². The summed E-state index contributed by atoms with van der Waals surface area (Å²) in [7, 11) is 3.27. The Morgan fingerprint density at radius 2 is 1.82 bits per heavy atom. The second-order valence-corrected chi connectivity index (χ2v) is 6.96. The smallest absolute Gasteiger partial charge is 0.248 e. The predicted octanol–water partition coefficient (Wildman–Crippen LogP) is 3.87. The van der Waals surface area contributed by atoms with Gasteiger partial charge in [-0.3, -0.25) is 0 Å². The highest BCUT2D eigenvalue weighted by Gasteiger charge is 2.27. The summed E-state index contributed by atoms with van der Waals surface area (Å²) in [6, 6.07) is 14.1. The van der Waals surface area contributed by atoms with Crippen LogP contribution in [0.15, 0.2) is 48.5 Å². The van der Waals surface area contributed by atoms with Crippen LogP contribution in [-0.4, -0.2) is 34.4 Å². The summed E-state index contributed by atoms with van der Waals surface area (Å²) in [6.45, 7) is 4.37. The van der Waals surface area contributed by atoms with Gasteiger partial charge in [0.2, 0.25) is 5.95 Å². The van der Waals surface area contributed by atoms with Crippen molar-refractivity contribution < 1.29 is 9.47 Å². The minimum atomic E-state index is -0.226. The number of aromatic nitrogens is 4. The van der Waals surface area contributed by atoms with E-state index in [-0.39, 0.29) is 6.04 Å². The first kappa shape index (κ1) is 18.0. The Bertz CT molecular complexity index is 1010. The van der Waals surface area contributed by atoms with Crippen LogP contribution in [0.3, 0.4) is 0 Å². The van der Waals surface area contributed by atoms with Crippen LogP contribution in [0.4, 0.5) is 5.95 Å². The van der Waals surface area contributed by atoms with E-state index in [2.05, 4.69) is 65.0 Å². The number of hydrogen-bond acceptors (Lipinski definition) is 6. The number of tetrazole rings is 1. The van der Waals surface area contributed by atoms with Gasteiger partial charge in [0.05, 0.1) is 14.2 Å². The van der Waals surface area contributed by atoms with Gasteiger partial charge < -0.3 is 14.8 Å². The fraction of sp³-hybridized carbons (Fsp3) is 0.286. The van der Waals surface area contributed by atoms with Gasteiger partial charge in [0.15, 0.2) is 11.5 Å². The molecule has 4 rings (SSSR count). The third-order valence-electron chi connectivity index (χ3n) is 4.97. The molecule has 144 valence electrons. The first-order valence-electron chi connectivity index (χ1n) is 9.20. The molecule has 1 N–H and O–H groups in total. The summed E-state index contributed by atoms with van der Waals surface area (Å²) in [5.41, 5.74) is 4.25. The Morgan fingerprint density at radius 1 is 1.04 bits per heavy atom. The molecule has 0 unspecified atom stereocenters. The van der Waals surface area contributed by atoms with Gasteiger partial charge in [0, 0.05) is 11.3 Å². The average molecular weight is 377 g/mol. The standard InChI is InChI=1S/C21H23N5O2/c1-13(2)14-8-10-15(11-9-14)17-12-18(26-21(22-17)23-24-25-26)16-6-5-7-19(27-3)20(16)28-4/h5-13,18H,1-4H3,(H,22,23,25)/t18-/m0/s1. The lowest BCUT2D eigenvalue weighted by Gasteiger charge is -2.25. The molecule has 0 amide bonds. The van der Waals surface area contributed by atoms with Gasteiger partial charge in [-0.2, -0.15) is 4.68 Å². The van der Waals surface area contributed by atoms with E-state index in [4.69, 9.17) is 9.47 Å². The number of anilines is 1. The number of allylic oxidation sites excluding steroid dienone is 1. The third kappa shape index (κ3) is 3.09. The van der Waals surface area contributed by atoms with Crippen LogP contribution >= 0.6 is 0 Å². The highest BCUT2D eigenvalue weighted by Crippen LogP contribution is 2.40. The molecule has 0 saturated carbocycles. The summed E-state index contributed by atoms with van der Waals surface area (Å²) < 4.78 is 12.8. The first-order valence-corrected chi connectivity index (χ1v) is 9.20. The second kappa shape index (κ2) is 7.34. The molecule has 7 heteroatoms. The van der Waals surface area contributed by atoms with E-state index in [1.54, 1.807) is 18.9 Å².